The lowest BCUT2D eigenvalue weighted by molar-refractivity contribution is -0.00687. The average Bonchev–Trinajstić information content (AvgIpc) is 2.69. The van der Waals surface area contributed by atoms with Crippen LogP contribution >= 0.6 is 11.6 Å². The van der Waals surface area contributed by atoms with Crippen molar-refractivity contribution < 1.29 is 13.2 Å². The Morgan fingerprint density at radius 2 is 2.09 bits per heavy atom. The van der Waals surface area contributed by atoms with Crippen LogP contribution in [0.3, 0.4) is 0 Å². The summed E-state index contributed by atoms with van der Waals surface area (Å²) >= 11 is 5.68. The molecule has 122 valence electrons. The lowest BCUT2D eigenvalue weighted by Gasteiger charge is -2.47. The Morgan fingerprint density at radius 3 is 2.82 bits per heavy atom. The van der Waals surface area contributed by atoms with Gasteiger partial charge in [0.2, 0.25) is 5.28 Å². The summed E-state index contributed by atoms with van der Waals surface area (Å²) in [6.45, 7) is 3.68. The molecule has 1 aromatic rings. The molecule has 0 saturated carbocycles. The van der Waals surface area contributed by atoms with Crippen LogP contribution in [0.1, 0.15) is 33.1 Å². The zero-order valence-electron chi connectivity index (χ0n) is 12.4. The third-order valence-corrected chi connectivity index (χ3v) is 4.69. The summed E-state index contributed by atoms with van der Waals surface area (Å²) in [6, 6.07) is -0.345. The summed E-state index contributed by atoms with van der Waals surface area (Å²) in [5.41, 5.74) is -0.381. The average molecular weight is 335 g/mol. The first-order chi connectivity index (χ1) is 10.2. The molecule has 2 fully saturated rings. The molecule has 0 spiro atoms. The minimum atomic E-state index is -2.65. The Kier molecular flexibility index (Phi) is 3.76. The summed E-state index contributed by atoms with van der Waals surface area (Å²) in [4.78, 5) is 9.27. The Bertz CT molecular complexity index is 581. The first kappa shape index (κ1) is 15.8. The number of anilines is 1. The van der Waals surface area contributed by atoms with E-state index in [1.807, 2.05) is 18.7 Å². The number of nitrogens with zero attached hydrogens (tertiary/aromatic N) is 3. The zero-order chi connectivity index (χ0) is 16.1. The molecule has 2 saturated heterocycles. The summed E-state index contributed by atoms with van der Waals surface area (Å²) in [5, 5.41) is 2.96. The number of alkyl halides is 2. The van der Waals surface area contributed by atoms with Gasteiger partial charge in [0.1, 0.15) is 0 Å². The number of hydrogen-bond donors (Lipinski definition) is 1. The normalized spacial score (nSPS) is 30.1. The lowest BCUT2D eigenvalue weighted by atomic mass is 9.84. The van der Waals surface area contributed by atoms with E-state index in [1.54, 1.807) is 0 Å². The molecule has 4 nitrogen and oxygen atoms in total. The number of aromatic nitrogens is 2. The van der Waals surface area contributed by atoms with Crippen molar-refractivity contribution in [2.24, 2.45) is 0 Å². The van der Waals surface area contributed by atoms with Crippen LogP contribution in [-0.2, 0) is 0 Å². The van der Waals surface area contributed by atoms with Gasteiger partial charge in [0.05, 0.1) is 12.7 Å². The van der Waals surface area contributed by atoms with E-state index in [0.717, 1.165) is 6.20 Å². The highest BCUT2D eigenvalue weighted by atomic mass is 35.5. The number of nitrogens with one attached hydrogen (secondary N) is 1. The second-order valence-corrected chi connectivity index (χ2v) is 7.11. The number of hydrogen-bond acceptors (Lipinski definition) is 4. The van der Waals surface area contributed by atoms with Crippen LogP contribution in [0, 0.1) is 5.82 Å². The molecule has 0 aromatic carbocycles. The largest absolute Gasteiger partial charge is 0.365 e. The molecule has 0 amide bonds. The SMILES string of the molecule is CC1(C)CC(Nc2nc(Cl)ncc2F)C[C@@H]2CC(F)(F)CN21. The Balaban J connectivity index is 1.78. The van der Waals surface area contributed by atoms with E-state index >= 15 is 0 Å². The first-order valence-electron chi connectivity index (χ1n) is 7.25. The van der Waals surface area contributed by atoms with Crippen molar-refractivity contribution in [3.8, 4) is 0 Å². The van der Waals surface area contributed by atoms with Crippen molar-refractivity contribution in [1.82, 2.24) is 14.9 Å². The van der Waals surface area contributed by atoms with Crippen LogP contribution in [-0.4, -0.2) is 45.0 Å². The maximum Gasteiger partial charge on any atom is 0.262 e. The maximum absolute atomic E-state index is 13.7. The predicted molar refractivity (Wildman–Crippen MR) is 77.8 cm³/mol. The van der Waals surface area contributed by atoms with E-state index in [4.69, 9.17) is 11.6 Å². The van der Waals surface area contributed by atoms with Gasteiger partial charge in [-0.1, -0.05) is 0 Å². The quantitative estimate of drug-likeness (QED) is 0.842. The Hall–Kier alpha value is -1.08. The number of rotatable bonds is 2. The minimum Gasteiger partial charge on any atom is -0.365 e. The molecule has 8 heteroatoms. The maximum atomic E-state index is 13.7. The molecule has 3 heterocycles. The summed E-state index contributed by atoms with van der Waals surface area (Å²) < 4.78 is 41.1. The van der Waals surface area contributed by atoms with Crippen LogP contribution in [0.15, 0.2) is 6.20 Å². The summed E-state index contributed by atoms with van der Waals surface area (Å²) in [5.74, 6) is -3.22. The van der Waals surface area contributed by atoms with Gasteiger partial charge in [-0.2, -0.15) is 4.98 Å². The van der Waals surface area contributed by atoms with Gasteiger partial charge in [0.25, 0.3) is 5.92 Å². The predicted octanol–water partition coefficient (Wildman–Crippen LogP) is 3.33. The zero-order valence-corrected chi connectivity index (χ0v) is 13.2. The van der Waals surface area contributed by atoms with Gasteiger partial charge in [0.15, 0.2) is 11.6 Å². The molecule has 3 rings (SSSR count). The monoisotopic (exact) mass is 334 g/mol. The fourth-order valence-electron chi connectivity index (χ4n) is 3.70. The molecule has 0 bridgehead atoms. The van der Waals surface area contributed by atoms with Crippen LogP contribution in [0.25, 0.3) is 0 Å². The van der Waals surface area contributed by atoms with Gasteiger partial charge >= 0.3 is 0 Å². The van der Waals surface area contributed by atoms with E-state index in [9.17, 15) is 13.2 Å². The van der Waals surface area contributed by atoms with Gasteiger partial charge in [-0.25, -0.2) is 18.2 Å². The van der Waals surface area contributed by atoms with E-state index in [2.05, 4.69) is 15.3 Å². The van der Waals surface area contributed by atoms with Crippen LogP contribution in [0.4, 0.5) is 19.0 Å². The highest BCUT2D eigenvalue weighted by Crippen LogP contribution is 2.44. The van der Waals surface area contributed by atoms with Crippen LogP contribution in [0.2, 0.25) is 5.28 Å². The van der Waals surface area contributed by atoms with Gasteiger partial charge in [-0.05, 0) is 38.3 Å². The van der Waals surface area contributed by atoms with Crippen LogP contribution in [0.5, 0.6) is 0 Å². The summed E-state index contributed by atoms with van der Waals surface area (Å²) in [7, 11) is 0. The Labute approximate surface area is 132 Å². The molecule has 0 radical (unpaired) electrons. The van der Waals surface area contributed by atoms with E-state index in [1.165, 1.54) is 0 Å². The third-order valence-electron chi connectivity index (χ3n) is 4.51. The number of piperidine rings is 1. The molecule has 1 aromatic heterocycles. The highest BCUT2D eigenvalue weighted by Gasteiger charge is 2.53. The van der Waals surface area contributed by atoms with E-state index in [-0.39, 0.29) is 41.7 Å². The van der Waals surface area contributed by atoms with Crippen LogP contribution < -0.4 is 5.32 Å². The molecule has 0 aliphatic carbocycles. The molecule has 1 unspecified atom stereocenters. The minimum absolute atomic E-state index is 0.0269. The van der Waals surface area contributed by atoms with Crippen molar-refractivity contribution >= 4 is 17.4 Å². The molecule has 2 aliphatic heterocycles. The molecule has 22 heavy (non-hydrogen) atoms. The molecule has 2 aliphatic rings. The van der Waals surface area contributed by atoms with Gasteiger partial charge in [0, 0.05) is 24.0 Å². The lowest BCUT2D eigenvalue weighted by Crippen LogP contribution is -2.55. The smallest absolute Gasteiger partial charge is 0.262 e. The topological polar surface area (TPSA) is 41.1 Å². The number of fused-ring (bicyclic) bond motifs is 1. The van der Waals surface area contributed by atoms with Gasteiger partial charge in [-0.3, -0.25) is 4.90 Å². The third kappa shape index (κ3) is 3.01. The second kappa shape index (κ2) is 5.23. The highest BCUT2D eigenvalue weighted by molar-refractivity contribution is 6.28. The fraction of sp³-hybridized carbons (Fsp3) is 0.714. The standard InChI is InChI=1S/C14H18ClF3N4/c1-13(2)4-8(3-9-5-14(17,18)7-22(9)13)20-11-10(16)6-19-12(15)21-11/h6,8-9H,3-5,7H2,1-2H3,(H,19,20,21)/t8?,9-/m1/s1. The molecule has 1 N–H and O–H groups in total. The van der Waals surface area contributed by atoms with Crippen molar-refractivity contribution in [1.29, 1.82) is 0 Å². The first-order valence-corrected chi connectivity index (χ1v) is 7.63. The van der Waals surface area contributed by atoms with Crippen molar-refractivity contribution in [3.63, 3.8) is 0 Å². The Morgan fingerprint density at radius 1 is 1.36 bits per heavy atom. The van der Waals surface area contributed by atoms with Gasteiger partial charge in [-0.15, -0.1) is 0 Å². The van der Waals surface area contributed by atoms with Gasteiger partial charge < -0.3 is 5.32 Å². The summed E-state index contributed by atoms with van der Waals surface area (Å²) in [6.07, 6.45) is 2.00. The van der Waals surface area contributed by atoms with E-state index < -0.39 is 11.7 Å². The van der Waals surface area contributed by atoms with Crippen molar-refractivity contribution in [2.75, 3.05) is 11.9 Å². The second-order valence-electron chi connectivity index (χ2n) is 6.77. The molecular weight excluding hydrogens is 317 g/mol. The van der Waals surface area contributed by atoms with Crippen molar-refractivity contribution in [3.05, 3.63) is 17.3 Å². The fourth-order valence-corrected chi connectivity index (χ4v) is 3.83. The number of halogens is 4. The molecular formula is C14H18ClF3N4. The van der Waals surface area contributed by atoms with E-state index in [0.29, 0.717) is 12.8 Å². The van der Waals surface area contributed by atoms with Crippen molar-refractivity contribution in [2.45, 2.75) is 56.7 Å². The molecule has 2 atom stereocenters.